The lowest BCUT2D eigenvalue weighted by Gasteiger charge is -2.41. The average molecular weight is 329 g/mol. The first-order chi connectivity index (χ1) is 9.78. The highest BCUT2D eigenvalue weighted by atomic mass is 35.5. The highest BCUT2D eigenvalue weighted by Gasteiger charge is 2.42. The highest BCUT2D eigenvalue weighted by molar-refractivity contribution is 7.89. The number of carboxylic acids is 1. The van der Waals surface area contributed by atoms with Crippen LogP contribution in [0.1, 0.15) is 31.2 Å². The maximum atomic E-state index is 12.4. The van der Waals surface area contributed by atoms with Crippen LogP contribution in [0.5, 0.6) is 0 Å². The van der Waals surface area contributed by atoms with E-state index in [0.717, 1.165) is 6.42 Å². The minimum absolute atomic E-state index is 0.00806. The first kappa shape index (κ1) is 15.8. The van der Waals surface area contributed by atoms with Gasteiger partial charge in [0.05, 0.1) is 23.1 Å². The monoisotopic (exact) mass is 328 g/mol. The number of hydrogen-bond donors (Lipinski definition) is 2. The molecule has 1 fully saturated rings. The van der Waals surface area contributed by atoms with Gasteiger partial charge in [0.25, 0.3) is 0 Å². The van der Waals surface area contributed by atoms with Gasteiger partial charge in [-0.25, -0.2) is 13.1 Å². The van der Waals surface area contributed by atoms with E-state index in [-0.39, 0.29) is 21.9 Å². The molecule has 1 aromatic carbocycles. The molecule has 2 rings (SSSR count). The van der Waals surface area contributed by atoms with Crippen molar-refractivity contribution < 1.29 is 18.3 Å². The number of halogens is 1. The van der Waals surface area contributed by atoms with Crippen molar-refractivity contribution in [2.24, 2.45) is 0 Å². The first-order valence-corrected chi connectivity index (χ1v) is 8.10. The summed E-state index contributed by atoms with van der Waals surface area (Å²) in [5, 5.41) is 17.7. The van der Waals surface area contributed by atoms with Crippen LogP contribution in [0, 0.1) is 11.3 Å². The zero-order valence-electron chi connectivity index (χ0n) is 11.0. The van der Waals surface area contributed by atoms with E-state index in [0.29, 0.717) is 12.8 Å². The van der Waals surface area contributed by atoms with Crippen LogP contribution in [0.3, 0.4) is 0 Å². The molecule has 0 heterocycles. The standard InChI is InChI=1S/C13H13ClN2O4S/c14-10-3-2-9(8-15)6-11(10)21(19,20)16-13(4-1-5-13)7-12(17)18/h2-3,6,16H,1,4-5,7H2,(H,17,18). The molecule has 0 aliphatic heterocycles. The lowest BCUT2D eigenvalue weighted by molar-refractivity contribution is -0.139. The number of nitriles is 1. The van der Waals surface area contributed by atoms with Crippen LogP contribution in [-0.2, 0) is 14.8 Å². The predicted molar refractivity (Wildman–Crippen MR) is 75.3 cm³/mol. The van der Waals surface area contributed by atoms with Gasteiger partial charge in [0.2, 0.25) is 10.0 Å². The summed E-state index contributed by atoms with van der Waals surface area (Å²) in [6, 6.07) is 5.77. The van der Waals surface area contributed by atoms with Gasteiger partial charge in [0.1, 0.15) is 4.90 Å². The number of sulfonamides is 1. The van der Waals surface area contributed by atoms with Crippen LogP contribution < -0.4 is 4.72 Å². The molecular formula is C13H13ClN2O4S. The number of carbonyl (C=O) groups is 1. The normalized spacial score (nSPS) is 16.8. The molecule has 0 amide bonds. The van der Waals surface area contributed by atoms with E-state index in [1.165, 1.54) is 18.2 Å². The van der Waals surface area contributed by atoms with Gasteiger partial charge < -0.3 is 5.11 Å². The van der Waals surface area contributed by atoms with E-state index in [4.69, 9.17) is 22.0 Å². The van der Waals surface area contributed by atoms with E-state index in [2.05, 4.69) is 4.72 Å². The second kappa shape index (κ2) is 5.64. The van der Waals surface area contributed by atoms with Gasteiger partial charge in [-0.05, 0) is 37.5 Å². The average Bonchev–Trinajstić information content (AvgIpc) is 2.35. The molecule has 21 heavy (non-hydrogen) atoms. The number of hydrogen-bond acceptors (Lipinski definition) is 4. The van der Waals surface area contributed by atoms with Crippen molar-refractivity contribution in [3.8, 4) is 6.07 Å². The summed E-state index contributed by atoms with van der Waals surface area (Å²) >= 11 is 5.89. The topological polar surface area (TPSA) is 107 Å². The lowest BCUT2D eigenvalue weighted by atomic mass is 9.75. The van der Waals surface area contributed by atoms with E-state index in [1.54, 1.807) is 0 Å². The second-order valence-corrected chi connectivity index (χ2v) is 7.12. The third-order valence-electron chi connectivity index (χ3n) is 3.50. The Bertz CT molecular complexity index is 720. The Balaban J connectivity index is 2.34. The molecule has 1 aromatic rings. The number of nitrogens with zero attached hydrogens (tertiary/aromatic N) is 1. The largest absolute Gasteiger partial charge is 0.481 e. The van der Waals surface area contributed by atoms with Gasteiger partial charge in [0.15, 0.2) is 0 Å². The first-order valence-electron chi connectivity index (χ1n) is 6.23. The fourth-order valence-corrected chi connectivity index (χ4v) is 4.31. The van der Waals surface area contributed by atoms with Gasteiger partial charge in [-0.3, -0.25) is 4.79 Å². The summed E-state index contributed by atoms with van der Waals surface area (Å²) in [5.74, 6) is -1.06. The number of benzene rings is 1. The van der Waals surface area contributed by atoms with Gasteiger partial charge in [-0.1, -0.05) is 11.6 Å². The Morgan fingerprint density at radius 2 is 2.14 bits per heavy atom. The summed E-state index contributed by atoms with van der Waals surface area (Å²) in [6.07, 6.45) is 1.42. The summed E-state index contributed by atoms with van der Waals surface area (Å²) in [7, 11) is -3.98. The van der Waals surface area contributed by atoms with E-state index >= 15 is 0 Å². The molecule has 8 heteroatoms. The fraction of sp³-hybridized carbons (Fsp3) is 0.385. The quantitative estimate of drug-likeness (QED) is 0.858. The maximum absolute atomic E-state index is 12.4. The van der Waals surface area contributed by atoms with Crippen LogP contribution >= 0.6 is 11.6 Å². The molecule has 0 radical (unpaired) electrons. The second-order valence-electron chi connectivity index (χ2n) is 5.07. The molecule has 112 valence electrons. The van der Waals surface area contributed by atoms with E-state index in [9.17, 15) is 13.2 Å². The molecule has 0 aromatic heterocycles. The van der Waals surface area contributed by atoms with Gasteiger partial charge in [0, 0.05) is 5.54 Å². The van der Waals surface area contributed by atoms with Crippen molar-refractivity contribution in [3.05, 3.63) is 28.8 Å². The van der Waals surface area contributed by atoms with Crippen molar-refractivity contribution in [2.75, 3.05) is 0 Å². The number of rotatable bonds is 5. The molecule has 0 saturated heterocycles. The summed E-state index contributed by atoms with van der Waals surface area (Å²) in [4.78, 5) is 10.7. The highest BCUT2D eigenvalue weighted by Crippen LogP contribution is 2.37. The van der Waals surface area contributed by atoms with Crippen molar-refractivity contribution in [1.82, 2.24) is 4.72 Å². The van der Waals surface area contributed by atoms with Gasteiger partial charge in [-0.15, -0.1) is 0 Å². The molecule has 1 aliphatic rings. The van der Waals surface area contributed by atoms with Crippen LogP contribution in [0.4, 0.5) is 0 Å². The Morgan fingerprint density at radius 3 is 2.62 bits per heavy atom. The lowest BCUT2D eigenvalue weighted by Crippen LogP contribution is -2.54. The number of aliphatic carboxylic acids is 1. The molecule has 0 bridgehead atoms. The van der Waals surface area contributed by atoms with Gasteiger partial charge in [-0.2, -0.15) is 5.26 Å². The summed E-state index contributed by atoms with van der Waals surface area (Å²) in [6.45, 7) is 0. The Morgan fingerprint density at radius 1 is 1.48 bits per heavy atom. The third-order valence-corrected chi connectivity index (χ3v) is 5.56. The zero-order valence-corrected chi connectivity index (χ0v) is 12.5. The smallest absolute Gasteiger partial charge is 0.305 e. The number of carboxylic acid groups (broad SMARTS) is 1. The molecule has 0 unspecified atom stereocenters. The van der Waals surface area contributed by atoms with Crippen molar-refractivity contribution in [3.63, 3.8) is 0 Å². The maximum Gasteiger partial charge on any atom is 0.305 e. The van der Waals surface area contributed by atoms with E-state index < -0.39 is 21.5 Å². The third kappa shape index (κ3) is 3.35. The number of nitrogens with one attached hydrogen (secondary N) is 1. The predicted octanol–water partition coefficient (Wildman–Crippen LogP) is 1.89. The Kier molecular flexibility index (Phi) is 4.23. The van der Waals surface area contributed by atoms with Crippen molar-refractivity contribution in [1.29, 1.82) is 5.26 Å². The Labute approximate surface area is 127 Å². The van der Waals surface area contributed by atoms with Crippen molar-refractivity contribution >= 4 is 27.6 Å². The fourth-order valence-electron chi connectivity index (χ4n) is 2.33. The SMILES string of the molecule is N#Cc1ccc(Cl)c(S(=O)(=O)NC2(CC(=O)O)CCC2)c1. The van der Waals surface area contributed by atoms with Crippen LogP contribution in [0.25, 0.3) is 0 Å². The molecule has 6 nitrogen and oxygen atoms in total. The van der Waals surface area contributed by atoms with Crippen LogP contribution in [0.2, 0.25) is 5.02 Å². The molecule has 0 spiro atoms. The Hall–Kier alpha value is -1.62. The summed E-state index contributed by atoms with van der Waals surface area (Å²) < 4.78 is 27.3. The molecule has 1 aliphatic carbocycles. The minimum atomic E-state index is -3.98. The van der Waals surface area contributed by atoms with E-state index in [1.807, 2.05) is 6.07 Å². The molecule has 2 N–H and O–H groups in total. The zero-order chi connectivity index (χ0) is 15.7. The molecular weight excluding hydrogens is 316 g/mol. The van der Waals surface area contributed by atoms with Crippen LogP contribution in [0.15, 0.2) is 23.1 Å². The molecule has 0 atom stereocenters. The minimum Gasteiger partial charge on any atom is -0.481 e. The summed E-state index contributed by atoms with van der Waals surface area (Å²) in [5.41, 5.74) is -0.794. The van der Waals surface area contributed by atoms with Crippen molar-refractivity contribution in [2.45, 2.75) is 36.1 Å². The van der Waals surface area contributed by atoms with Crippen LogP contribution in [-0.4, -0.2) is 25.0 Å². The van der Waals surface area contributed by atoms with Gasteiger partial charge >= 0.3 is 5.97 Å². The molecule has 1 saturated carbocycles.